The molecule has 0 aliphatic carbocycles. The molecule has 1 aliphatic rings. The van der Waals surface area contributed by atoms with Crippen molar-refractivity contribution in [2.75, 3.05) is 7.11 Å². The van der Waals surface area contributed by atoms with Gasteiger partial charge in [0.1, 0.15) is 11.3 Å². The van der Waals surface area contributed by atoms with Crippen LogP contribution in [0.5, 0.6) is 5.88 Å². The zero-order chi connectivity index (χ0) is 25.5. The summed E-state index contributed by atoms with van der Waals surface area (Å²) in [7, 11) is 1.52. The molecule has 0 spiro atoms. The lowest BCUT2D eigenvalue weighted by Gasteiger charge is -2.33. The molecule has 0 amide bonds. The predicted octanol–water partition coefficient (Wildman–Crippen LogP) is 4.39. The molecule has 1 unspecified atom stereocenters. The van der Waals surface area contributed by atoms with Gasteiger partial charge in [0.2, 0.25) is 5.88 Å². The molecular formula is C25H23F3N6O2. The second-order valence-electron chi connectivity index (χ2n) is 8.54. The van der Waals surface area contributed by atoms with E-state index in [1.165, 1.54) is 30.0 Å². The Morgan fingerprint density at radius 1 is 1.11 bits per heavy atom. The third-order valence-electron chi connectivity index (χ3n) is 6.09. The Morgan fingerprint density at radius 2 is 1.92 bits per heavy atom. The number of aryl methyl sites for hydroxylation is 2. The summed E-state index contributed by atoms with van der Waals surface area (Å²) in [5.41, 5.74) is -0.871. The molecule has 1 atom stereocenters. The van der Waals surface area contributed by atoms with Crippen LogP contribution < -0.4 is 4.74 Å². The van der Waals surface area contributed by atoms with Gasteiger partial charge in [0.05, 0.1) is 30.4 Å². The van der Waals surface area contributed by atoms with Crippen LogP contribution in [0, 0.1) is 6.92 Å². The van der Waals surface area contributed by atoms with Gasteiger partial charge in [-0.05, 0) is 50.1 Å². The van der Waals surface area contributed by atoms with E-state index < -0.39 is 17.3 Å². The van der Waals surface area contributed by atoms with Gasteiger partial charge in [-0.1, -0.05) is 18.2 Å². The molecule has 0 saturated heterocycles. The minimum atomic E-state index is -4.61. The molecule has 0 radical (unpaired) electrons. The minimum Gasteiger partial charge on any atom is -0.479 e. The summed E-state index contributed by atoms with van der Waals surface area (Å²) < 4.78 is 49.7. The van der Waals surface area contributed by atoms with E-state index in [0.29, 0.717) is 24.5 Å². The summed E-state index contributed by atoms with van der Waals surface area (Å²) in [4.78, 5) is 13.1. The largest absolute Gasteiger partial charge is 0.479 e. The number of halogens is 3. The zero-order valence-corrected chi connectivity index (χ0v) is 19.6. The van der Waals surface area contributed by atoms with Crippen molar-refractivity contribution < 1.29 is 23.0 Å². The second-order valence-corrected chi connectivity index (χ2v) is 8.54. The summed E-state index contributed by atoms with van der Waals surface area (Å²) in [6.45, 7) is 2.32. The molecule has 1 aromatic carbocycles. The number of methoxy groups -OCH3 is 1. The fraction of sp³-hybridized carbons (Fsp3) is 0.280. The van der Waals surface area contributed by atoms with Gasteiger partial charge in [0, 0.05) is 18.3 Å². The summed E-state index contributed by atoms with van der Waals surface area (Å²) in [6.07, 6.45) is 2.75. The van der Waals surface area contributed by atoms with Gasteiger partial charge in [-0.2, -0.15) is 18.3 Å². The van der Waals surface area contributed by atoms with Gasteiger partial charge in [-0.15, -0.1) is 0 Å². The molecule has 0 fully saturated rings. The summed E-state index contributed by atoms with van der Waals surface area (Å²) in [6, 6.07) is 8.67. The molecule has 5 rings (SSSR count). The molecule has 36 heavy (non-hydrogen) atoms. The average molecular weight is 496 g/mol. The number of ether oxygens (including phenoxy) is 1. The molecular weight excluding hydrogens is 473 g/mol. The van der Waals surface area contributed by atoms with Crippen LogP contribution in [0.2, 0.25) is 0 Å². The fourth-order valence-corrected chi connectivity index (χ4v) is 4.43. The van der Waals surface area contributed by atoms with E-state index in [2.05, 4.69) is 20.1 Å². The first kappa shape index (κ1) is 23.7. The monoisotopic (exact) mass is 496 g/mol. The number of hydrogen-bond donors (Lipinski definition) is 1. The van der Waals surface area contributed by atoms with Crippen molar-refractivity contribution in [2.45, 2.75) is 38.1 Å². The number of aliphatic hydroxyl groups is 1. The van der Waals surface area contributed by atoms with Crippen LogP contribution >= 0.6 is 0 Å². The number of imidazole rings is 1. The fourth-order valence-electron chi connectivity index (χ4n) is 4.43. The van der Waals surface area contributed by atoms with E-state index in [4.69, 9.17) is 4.74 Å². The number of fused-ring (bicyclic) bond motifs is 1. The van der Waals surface area contributed by atoms with Crippen molar-refractivity contribution in [1.82, 2.24) is 29.3 Å². The number of rotatable bonds is 5. The molecule has 8 nitrogen and oxygen atoms in total. The molecule has 1 aliphatic heterocycles. The van der Waals surface area contributed by atoms with E-state index in [9.17, 15) is 18.3 Å². The highest BCUT2D eigenvalue weighted by molar-refractivity contribution is 5.65. The first-order valence-corrected chi connectivity index (χ1v) is 11.3. The van der Waals surface area contributed by atoms with E-state index in [0.717, 1.165) is 17.4 Å². The average Bonchev–Trinajstić information content (AvgIpc) is 3.49. The smallest absolute Gasteiger partial charge is 0.416 e. The van der Waals surface area contributed by atoms with Crippen molar-refractivity contribution >= 4 is 12.2 Å². The predicted molar refractivity (Wildman–Crippen MR) is 125 cm³/mol. The highest BCUT2D eigenvalue weighted by Gasteiger charge is 2.45. The Kier molecular flexibility index (Phi) is 5.87. The van der Waals surface area contributed by atoms with Gasteiger partial charge < -0.3 is 14.4 Å². The van der Waals surface area contributed by atoms with E-state index in [-0.39, 0.29) is 23.6 Å². The third kappa shape index (κ3) is 4.26. The number of pyridine rings is 1. The third-order valence-corrected chi connectivity index (χ3v) is 6.09. The topological polar surface area (TPSA) is 90.9 Å². The number of benzene rings is 1. The van der Waals surface area contributed by atoms with Gasteiger partial charge in [0.15, 0.2) is 11.6 Å². The Labute approximate surface area is 204 Å². The maximum Gasteiger partial charge on any atom is 0.416 e. The first-order chi connectivity index (χ1) is 17.2. The van der Waals surface area contributed by atoms with E-state index in [1.807, 2.05) is 19.2 Å². The highest BCUT2D eigenvalue weighted by Crippen LogP contribution is 2.43. The van der Waals surface area contributed by atoms with Crippen molar-refractivity contribution in [3.63, 3.8) is 0 Å². The lowest BCUT2D eigenvalue weighted by atomic mass is 9.83. The molecule has 4 aromatic rings. The lowest BCUT2D eigenvalue weighted by molar-refractivity contribution is -0.140. The van der Waals surface area contributed by atoms with Gasteiger partial charge in [-0.25, -0.2) is 19.6 Å². The second kappa shape index (κ2) is 8.90. The van der Waals surface area contributed by atoms with Crippen LogP contribution in [0.4, 0.5) is 13.2 Å². The number of nitrogens with zero attached hydrogens (tertiary/aromatic N) is 6. The van der Waals surface area contributed by atoms with Crippen LogP contribution in [0.3, 0.4) is 0 Å². The van der Waals surface area contributed by atoms with Crippen LogP contribution in [0.1, 0.15) is 47.0 Å². The molecule has 0 saturated carbocycles. The summed E-state index contributed by atoms with van der Waals surface area (Å²) in [5.74, 6) is 0.733. The Morgan fingerprint density at radius 3 is 2.64 bits per heavy atom. The lowest BCUT2D eigenvalue weighted by Crippen LogP contribution is -2.37. The number of hydrogen-bond acceptors (Lipinski definition) is 6. The van der Waals surface area contributed by atoms with Crippen molar-refractivity contribution in [3.8, 4) is 11.6 Å². The van der Waals surface area contributed by atoms with Gasteiger partial charge in [0.25, 0.3) is 0 Å². The number of aromatic nitrogens is 6. The minimum absolute atomic E-state index is 0.0847. The van der Waals surface area contributed by atoms with E-state index >= 15 is 0 Å². The molecule has 1 N–H and O–H groups in total. The van der Waals surface area contributed by atoms with Gasteiger partial charge >= 0.3 is 6.18 Å². The first-order valence-electron chi connectivity index (χ1n) is 11.3. The van der Waals surface area contributed by atoms with Crippen molar-refractivity contribution in [2.24, 2.45) is 0 Å². The van der Waals surface area contributed by atoms with Crippen molar-refractivity contribution in [1.29, 1.82) is 0 Å². The van der Waals surface area contributed by atoms with Crippen LogP contribution in [-0.4, -0.2) is 41.5 Å². The number of alkyl halides is 3. The maximum absolute atomic E-state index is 13.7. The van der Waals surface area contributed by atoms with Crippen molar-refractivity contribution in [3.05, 3.63) is 83.1 Å². The quantitative estimate of drug-likeness (QED) is 0.441. The molecule has 0 bridgehead atoms. The maximum atomic E-state index is 13.7. The van der Waals surface area contributed by atoms with E-state index in [1.54, 1.807) is 29.1 Å². The Bertz CT molecular complexity index is 1440. The van der Waals surface area contributed by atoms with Crippen LogP contribution in [0.25, 0.3) is 17.8 Å². The standard InChI is InChI=1S/C25H23F3N6O2/c1-16-14-33(15-29-16)20-10-8-17(30-22(20)36-2)9-11-21-31-23-24(35,12-5-13-34(23)32-21)18-6-3-4-7-19(18)25(26,27)28/h3-4,6-11,14-15,35H,5,12-13H2,1-2H3. The normalized spacial score (nSPS) is 17.9. The molecule has 3 aromatic heterocycles. The molecule has 4 heterocycles. The summed E-state index contributed by atoms with van der Waals surface area (Å²) in [5, 5.41) is 15.9. The van der Waals surface area contributed by atoms with Gasteiger partial charge in [-0.3, -0.25) is 0 Å². The zero-order valence-electron chi connectivity index (χ0n) is 19.6. The SMILES string of the molecule is COc1nc(C=Cc2nc3n(n2)CCCC3(O)c2ccccc2C(F)(F)F)ccc1-n1cnc(C)c1. The van der Waals surface area contributed by atoms with Crippen LogP contribution in [0.15, 0.2) is 48.9 Å². The highest BCUT2D eigenvalue weighted by atomic mass is 19.4. The molecule has 11 heteroatoms. The Balaban J connectivity index is 1.47. The molecule has 186 valence electrons. The Hall–Kier alpha value is -3.99. The summed E-state index contributed by atoms with van der Waals surface area (Å²) >= 11 is 0. The van der Waals surface area contributed by atoms with Crippen LogP contribution in [-0.2, 0) is 18.3 Å².